The first-order valence-corrected chi connectivity index (χ1v) is 13.9. The number of likely N-dealkylation sites (tertiary alicyclic amines) is 1. The Balaban J connectivity index is 3.04. The number of ether oxygens (including phenoxy) is 2. The van der Waals surface area contributed by atoms with Crippen molar-refractivity contribution in [3.8, 4) is 0 Å². The van der Waals surface area contributed by atoms with Crippen LogP contribution in [-0.4, -0.2) is 104 Å². The largest absolute Gasteiger partial charge is 0.379 e. The molecule has 0 aliphatic carbocycles. The van der Waals surface area contributed by atoms with Crippen molar-refractivity contribution in [3.05, 3.63) is 0 Å². The van der Waals surface area contributed by atoms with E-state index in [1.54, 1.807) is 18.9 Å². The molecule has 13 heteroatoms. The van der Waals surface area contributed by atoms with Crippen molar-refractivity contribution < 1.29 is 38.1 Å². The van der Waals surface area contributed by atoms with E-state index < -0.39 is 38.1 Å². The fourth-order valence-corrected chi connectivity index (χ4v) is 5.23. The Morgan fingerprint density at radius 2 is 1.92 bits per heavy atom. The summed E-state index contributed by atoms with van der Waals surface area (Å²) in [4.78, 5) is 61.5. The Morgan fingerprint density at radius 1 is 1.25 bits per heavy atom. The molecule has 7 unspecified atom stereocenters. The van der Waals surface area contributed by atoms with E-state index in [4.69, 9.17) is 14.4 Å². The Labute approximate surface area is 214 Å². The van der Waals surface area contributed by atoms with Gasteiger partial charge in [0.2, 0.25) is 32.2 Å². The van der Waals surface area contributed by atoms with Crippen LogP contribution in [0.4, 0.5) is 0 Å². The highest BCUT2D eigenvalue weighted by Gasteiger charge is 2.41. The van der Waals surface area contributed by atoms with E-state index in [0.29, 0.717) is 19.4 Å². The van der Waals surface area contributed by atoms with Crippen molar-refractivity contribution >= 4 is 32.2 Å². The van der Waals surface area contributed by atoms with Crippen LogP contribution in [0.15, 0.2) is 0 Å². The number of nitrogens with one attached hydrogen (secondary N) is 2. The molecule has 4 amide bonds. The second-order valence-corrected chi connectivity index (χ2v) is 10.4. The Bertz CT molecular complexity index is 770. The number of hydrogen-bond donors (Lipinski definition) is 3. The molecule has 12 nitrogen and oxygen atoms in total. The number of rotatable bonds is 16. The van der Waals surface area contributed by atoms with Crippen molar-refractivity contribution in [2.75, 3.05) is 40.6 Å². The van der Waals surface area contributed by atoms with Crippen LogP contribution in [0.2, 0.25) is 0 Å². The fourth-order valence-electron chi connectivity index (χ4n) is 4.90. The number of carbonyl (C=O) groups is 4. The van der Waals surface area contributed by atoms with Gasteiger partial charge in [0.1, 0.15) is 0 Å². The number of methoxy groups -OCH3 is 2. The maximum atomic E-state index is 13.5. The normalized spacial score (nSPS) is 20.5. The molecular formula is C23H43N4O8P. The van der Waals surface area contributed by atoms with Crippen LogP contribution in [0.25, 0.3) is 0 Å². The predicted molar refractivity (Wildman–Crippen MR) is 134 cm³/mol. The minimum absolute atomic E-state index is 0.0247. The molecule has 7 atom stereocenters. The molecule has 36 heavy (non-hydrogen) atoms. The number of hydrogen-bond acceptors (Lipinski definition) is 7. The standard InChI is InChI=1S/C23H43N4O8P/c1-7-15(2)21(26(4)20(30)12-24-13-28)18(34-5)11-19(29)27-10-8-9-17(27)22(35-6)16(3)23(31)25-14-36(32)33/h13,15-18,21-22,36H,7-12,14H2,1-6H3,(H,24,28)(H,25,31)(H,32,33). The molecule has 0 saturated carbocycles. The molecule has 0 aromatic carbocycles. The van der Waals surface area contributed by atoms with Gasteiger partial charge in [-0.25, -0.2) is 0 Å². The number of likely N-dealkylation sites (N-methyl/N-ethyl adjacent to an activating group) is 1. The van der Waals surface area contributed by atoms with Gasteiger partial charge in [0.15, 0.2) is 0 Å². The van der Waals surface area contributed by atoms with Crippen LogP contribution in [0.5, 0.6) is 0 Å². The molecule has 0 bridgehead atoms. The molecule has 1 fully saturated rings. The Morgan fingerprint density at radius 3 is 2.44 bits per heavy atom. The van der Waals surface area contributed by atoms with Crippen LogP contribution >= 0.6 is 8.03 Å². The predicted octanol–water partition coefficient (Wildman–Crippen LogP) is 0.193. The summed E-state index contributed by atoms with van der Waals surface area (Å²) in [5, 5.41) is 4.83. The van der Waals surface area contributed by atoms with Crippen LogP contribution in [0.1, 0.15) is 46.5 Å². The van der Waals surface area contributed by atoms with E-state index in [9.17, 15) is 23.7 Å². The summed E-state index contributed by atoms with van der Waals surface area (Å²) in [6.07, 6.45) is 1.17. The molecule has 0 aromatic rings. The third-order valence-corrected chi connectivity index (χ3v) is 7.53. The van der Waals surface area contributed by atoms with Crippen LogP contribution in [0, 0.1) is 11.8 Å². The summed E-state index contributed by atoms with van der Waals surface area (Å²) in [6.45, 7) is 6.01. The van der Waals surface area contributed by atoms with E-state index in [0.717, 1.165) is 12.8 Å². The van der Waals surface area contributed by atoms with E-state index in [1.165, 1.54) is 19.1 Å². The molecule has 1 rings (SSSR count). The molecule has 0 spiro atoms. The van der Waals surface area contributed by atoms with Gasteiger partial charge in [-0.1, -0.05) is 27.2 Å². The second-order valence-electron chi connectivity index (χ2n) is 9.26. The van der Waals surface area contributed by atoms with E-state index in [1.807, 2.05) is 13.8 Å². The average molecular weight is 535 g/mol. The summed E-state index contributed by atoms with van der Waals surface area (Å²) < 4.78 is 22.4. The highest BCUT2D eigenvalue weighted by atomic mass is 31.1. The first-order chi connectivity index (χ1) is 17.0. The third-order valence-electron chi connectivity index (χ3n) is 7.05. The second kappa shape index (κ2) is 16.0. The summed E-state index contributed by atoms with van der Waals surface area (Å²) in [7, 11) is 1.79. The van der Waals surface area contributed by atoms with Gasteiger partial charge in [-0.05, 0) is 18.8 Å². The summed E-state index contributed by atoms with van der Waals surface area (Å²) in [6, 6.07) is -0.736. The van der Waals surface area contributed by atoms with E-state index in [-0.39, 0.29) is 43.0 Å². The zero-order valence-electron chi connectivity index (χ0n) is 22.2. The lowest BCUT2D eigenvalue weighted by Crippen LogP contribution is -2.54. The maximum absolute atomic E-state index is 13.5. The lowest BCUT2D eigenvalue weighted by molar-refractivity contribution is -0.145. The SMILES string of the molecule is CCC(C)C(C(CC(=O)N1CCCC1C(OC)C(C)C(=O)NC[PH](=O)O)OC)N(C)C(=O)CNC=O. The van der Waals surface area contributed by atoms with Gasteiger partial charge >= 0.3 is 0 Å². The molecular weight excluding hydrogens is 491 g/mol. The molecule has 3 N–H and O–H groups in total. The fraction of sp³-hybridized carbons (Fsp3) is 0.826. The van der Waals surface area contributed by atoms with Gasteiger partial charge in [0.05, 0.1) is 49.5 Å². The van der Waals surface area contributed by atoms with Gasteiger partial charge in [-0.2, -0.15) is 0 Å². The minimum Gasteiger partial charge on any atom is -0.379 e. The average Bonchev–Trinajstić information content (AvgIpc) is 3.34. The highest BCUT2D eigenvalue weighted by Crippen LogP contribution is 2.29. The van der Waals surface area contributed by atoms with Gasteiger partial charge < -0.3 is 34.8 Å². The number of carbonyl (C=O) groups excluding carboxylic acids is 4. The van der Waals surface area contributed by atoms with Crippen LogP contribution in [0.3, 0.4) is 0 Å². The number of nitrogens with zero attached hydrogens (tertiary/aromatic N) is 2. The van der Waals surface area contributed by atoms with Crippen LogP contribution < -0.4 is 10.6 Å². The summed E-state index contributed by atoms with van der Waals surface area (Å²) >= 11 is 0. The topological polar surface area (TPSA) is 155 Å². The molecule has 1 saturated heterocycles. The first-order valence-electron chi connectivity index (χ1n) is 12.3. The van der Waals surface area contributed by atoms with E-state index in [2.05, 4.69) is 10.6 Å². The zero-order chi connectivity index (χ0) is 27.4. The van der Waals surface area contributed by atoms with Crippen molar-refractivity contribution in [1.82, 2.24) is 20.4 Å². The zero-order valence-corrected chi connectivity index (χ0v) is 23.2. The lowest BCUT2D eigenvalue weighted by atomic mass is 9.90. The first kappa shape index (κ1) is 32.0. The van der Waals surface area contributed by atoms with Gasteiger partial charge in [-0.3, -0.25) is 23.7 Å². The number of amides is 4. The Kier molecular flexibility index (Phi) is 14.2. The highest BCUT2D eigenvalue weighted by molar-refractivity contribution is 7.37. The van der Waals surface area contributed by atoms with E-state index >= 15 is 0 Å². The molecule has 1 aliphatic heterocycles. The van der Waals surface area contributed by atoms with Crippen molar-refractivity contribution in [2.24, 2.45) is 11.8 Å². The van der Waals surface area contributed by atoms with Crippen LogP contribution in [-0.2, 0) is 33.2 Å². The van der Waals surface area contributed by atoms with Gasteiger partial charge in [0.25, 0.3) is 0 Å². The van der Waals surface area contributed by atoms with Crippen molar-refractivity contribution in [1.29, 1.82) is 0 Å². The smallest absolute Gasteiger partial charge is 0.242 e. The molecule has 208 valence electrons. The quantitative estimate of drug-likeness (QED) is 0.187. The van der Waals surface area contributed by atoms with Gasteiger partial charge in [0, 0.05) is 27.8 Å². The van der Waals surface area contributed by atoms with Crippen molar-refractivity contribution in [2.45, 2.75) is 70.7 Å². The molecule has 1 aliphatic rings. The lowest BCUT2D eigenvalue weighted by Gasteiger charge is -2.39. The Hall–Kier alpha value is -2.01. The third kappa shape index (κ3) is 8.83. The molecule has 0 aromatic heterocycles. The summed E-state index contributed by atoms with van der Waals surface area (Å²) in [5.41, 5.74) is 0. The molecule has 1 heterocycles. The minimum atomic E-state index is -2.84. The van der Waals surface area contributed by atoms with Crippen molar-refractivity contribution in [3.63, 3.8) is 0 Å². The van der Waals surface area contributed by atoms with Gasteiger partial charge in [-0.15, -0.1) is 0 Å². The summed E-state index contributed by atoms with van der Waals surface area (Å²) in [5.74, 6) is -1.49. The maximum Gasteiger partial charge on any atom is 0.242 e. The monoisotopic (exact) mass is 534 g/mol. The molecule has 0 radical (unpaired) electrons.